The van der Waals surface area contributed by atoms with Crippen molar-refractivity contribution in [2.24, 2.45) is 5.92 Å². The molecule has 53 heavy (non-hydrogen) atoms. The Balaban J connectivity index is 0.000000718. The van der Waals surface area contributed by atoms with Crippen LogP contribution in [0.5, 0.6) is 0 Å². The van der Waals surface area contributed by atoms with E-state index in [-0.39, 0.29) is 46.5 Å². The first kappa shape index (κ1) is 50.7. The van der Waals surface area contributed by atoms with Crippen molar-refractivity contribution in [3.63, 3.8) is 0 Å². The Bertz CT molecular complexity index is 1610. The molecule has 4 aromatic rings. The number of hydrogen-bond acceptors (Lipinski definition) is 0. The van der Waals surface area contributed by atoms with Crippen molar-refractivity contribution < 1.29 is 24.2 Å². The molecule has 0 N–H and O–H groups in total. The van der Waals surface area contributed by atoms with E-state index >= 15 is 0 Å². The number of fused-ring (bicyclic) bond motifs is 3. The van der Waals surface area contributed by atoms with Gasteiger partial charge in [0, 0.05) is 0 Å². The van der Waals surface area contributed by atoms with E-state index in [0.29, 0.717) is 5.92 Å². The van der Waals surface area contributed by atoms with Crippen molar-refractivity contribution in [3.05, 3.63) is 154 Å². The molecular formula is C50H66Cl2Zr-4. The predicted octanol–water partition coefficient (Wildman–Crippen LogP) is 14.4. The van der Waals surface area contributed by atoms with Crippen LogP contribution in [0.1, 0.15) is 137 Å². The van der Waals surface area contributed by atoms with Crippen molar-refractivity contribution >= 4 is 29.0 Å². The average Bonchev–Trinajstić information content (AvgIpc) is 3.58. The summed E-state index contributed by atoms with van der Waals surface area (Å²) in [6, 6.07) is 37.5. The van der Waals surface area contributed by atoms with Crippen LogP contribution in [-0.2, 0) is 52.3 Å². The number of allylic oxidation sites excluding steroid dienone is 4. The van der Waals surface area contributed by atoms with Crippen molar-refractivity contribution in [1.29, 1.82) is 0 Å². The topological polar surface area (TPSA) is 0 Å². The van der Waals surface area contributed by atoms with Crippen LogP contribution >= 0.6 is 24.8 Å². The van der Waals surface area contributed by atoms with Crippen molar-refractivity contribution in [2.75, 3.05) is 0 Å². The van der Waals surface area contributed by atoms with E-state index in [2.05, 4.69) is 193 Å². The Morgan fingerprint density at radius 2 is 1.02 bits per heavy atom. The number of benzene rings is 4. The van der Waals surface area contributed by atoms with E-state index in [1.54, 1.807) is 0 Å². The zero-order valence-electron chi connectivity index (χ0n) is 35.4. The third kappa shape index (κ3) is 16.1. The van der Waals surface area contributed by atoms with Crippen LogP contribution in [0.2, 0.25) is 0 Å². The van der Waals surface area contributed by atoms with Crippen molar-refractivity contribution in [2.45, 2.75) is 132 Å². The molecule has 1 atom stereocenters. The fourth-order valence-electron chi connectivity index (χ4n) is 5.80. The van der Waals surface area contributed by atoms with E-state index in [4.69, 9.17) is 0 Å². The Morgan fingerprint density at radius 3 is 1.34 bits per heavy atom. The molecule has 2 aliphatic carbocycles. The van der Waals surface area contributed by atoms with Gasteiger partial charge < -0.3 is 0 Å². The number of halogens is 2. The van der Waals surface area contributed by atoms with E-state index in [9.17, 15) is 0 Å². The Morgan fingerprint density at radius 1 is 0.585 bits per heavy atom. The number of hydrogen-bond donors (Lipinski definition) is 0. The van der Waals surface area contributed by atoms with Gasteiger partial charge in [0.1, 0.15) is 0 Å². The summed E-state index contributed by atoms with van der Waals surface area (Å²) in [6.45, 7) is 33.3. The molecule has 0 fully saturated rings. The normalized spacial score (nSPS) is 14.1. The molecule has 1 unspecified atom stereocenters. The molecule has 2 aliphatic rings. The van der Waals surface area contributed by atoms with Gasteiger partial charge in [0.25, 0.3) is 0 Å². The van der Waals surface area contributed by atoms with Gasteiger partial charge in [-0.1, -0.05) is 127 Å². The van der Waals surface area contributed by atoms with Crippen LogP contribution < -0.4 is 0 Å². The quantitative estimate of drug-likeness (QED) is 0.136. The summed E-state index contributed by atoms with van der Waals surface area (Å²) in [7, 11) is 0. The van der Waals surface area contributed by atoms with Gasteiger partial charge in [-0.2, -0.15) is 102 Å². The van der Waals surface area contributed by atoms with Crippen LogP contribution in [0.25, 0.3) is 11.1 Å². The van der Waals surface area contributed by atoms with Crippen LogP contribution in [0.15, 0.2) is 96.1 Å². The van der Waals surface area contributed by atoms with Gasteiger partial charge in [0.2, 0.25) is 0 Å². The van der Waals surface area contributed by atoms with E-state index in [0.717, 1.165) is 6.42 Å². The van der Waals surface area contributed by atoms with E-state index < -0.39 is 0 Å². The molecule has 288 valence electrons. The second-order valence-electron chi connectivity index (χ2n) is 17.8. The maximum atomic E-state index is 3.67. The SMILES string of the molecule is CC(C)(C)c1[c-]c2c(cc1)-c1ccc(C(C)(C)C)cc1C2.CC(C)(C)c1cc[c-]cc1.CC(C)(C)c1cc[c-]cc1.CC1=[C-]C(C)C=C1C.Cl.Cl.[CH2]=[Zr]. The molecule has 0 bridgehead atoms. The summed E-state index contributed by atoms with van der Waals surface area (Å²) in [5, 5.41) is 0. The summed E-state index contributed by atoms with van der Waals surface area (Å²) in [5.74, 6) is 0.551. The number of rotatable bonds is 0. The summed E-state index contributed by atoms with van der Waals surface area (Å²) >= 11 is 1.30. The molecule has 0 heterocycles. The molecule has 0 spiro atoms. The van der Waals surface area contributed by atoms with Gasteiger partial charge >= 0.3 is 28.4 Å². The van der Waals surface area contributed by atoms with Gasteiger partial charge in [-0.25, -0.2) is 11.1 Å². The first-order valence-electron chi connectivity index (χ1n) is 18.3. The zero-order chi connectivity index (χ0) is 38.8. The summed E-state index contributed by atoms with van der Waals surface area (Å²) in [5.41, 5.74) is 14.7. The molecule has 0 saturated carbocycles. The van der Waals surface area contributed by atoms with Gasteiger partial charge in [0.05, 0.1) is 0 Å². The second-order valence-corrected chi connectivity index (χ2v) is 17.8. The average molecular weight is 829 g/mol. The fraction of sp³-hybridized carbons (Fsp3) is 0.420. The monoisotopic (exact) mass is 826 g/mol. The van der Waals surface area contributed by atoms with Crippen LogP contribution in [0.4, 0.5) is 0 Å². The molecule has 4 aromatic carbocycles. The third-order valence-electron chi connectivity index (χ3n) is 9.17. The summed E-state index contributed by atoms with van der Waals surface area (Å²) in [6.07, 6.45) is 6.55. The molecule has 0 saturated heterocycles. The van der Waals surface area contributed by atoms with Crippen LogP contribution in [0, 0.1) is 30.2 Å². The molecule has 0 aromatic heterocycles. The fourth-order valence-corrected chi connectivity index (χ4v) is 5.80. The first-order chi connectivity index (χ1) is 23.6. The van der Waals surface area contributed by atoms with Gasteiger partial charge in [-0.15, -0.1) is 42.9 Å². The third-order valence-corrected chi connectivity index (χ3v) is 9.17. The Kier molecular flexibility index (Phi) is 20.8. The molecule has 0 amide bonds. The van der Waals surface area contributed by atoms with E-state index in [1.807, 2.05) is 24.3 Å². The van der Waals surface area contributed by atoms with Crippen LogP contribution in [0.3, 0.4) is 0 Å². The Hall–Kier alpha value is -2.31. The standard InChI is InChI=1S/C21H25.2C10H13.C8H11.CH2.2ClH.Zr/c1-20(2,3)16-7-9-18-14(12-16)11-15-13-17(21(4,5)6)8-10-19(15)18;2*1-10(2,3)9-7-5-4-6-8-9;1-6-4-7(2)8(3)5-6;;;;/h7-10,12H,11H2,1-6H3;2*5-8H,1-3H3;4,6H,1-3H3;1H2;2*1H;/q4*-1;;;;. The molecule has 0 radical (unpaired) electrons. The maximum absolute atomic E-state index is 3.67. The van der Waals surface area contributed by atoms with Crippen molar-refractivity contribution in [3.8, 4) is 11.1 Å². The molecule has 0 aliphatic heterocycles. The van der Waals surface area contributed by atoms with Gasteiger partial charge in [-0.05, 0) is 39.2 Å². The summed E-state index contributed by atoms with van der Waals surface area (Å²) < 4.78 is 3.34. The minimum atomic E-state index is 0. The minimum absolute atomic E-state index is 0. The van der Waals surface area contributed by atoms with Gasteiger partial charge in [-0.3, -0.25) is 6.08 Å². The molecule has 0 nitrogen and oxygen atoms in total. The van der Waals surface area contributed by atoms with Gasteiger partial charge in [0.15, 0.2) is 0 Å². The zero-order valence-corrected chi connectivity index (χ0v) is 39.5. The summed E-state index contributed by atoms with van der Waals surface area (Å²) in [4.78, 5) is 0. The van der Waals surface area contributed by atoms with Crippen molar-refractivity contribution in [1.82, 2.24) is 0 Å². The Labute approximate surface area is 353 Å². The molecule has 3 heteroatoms. The molecule has 6 rings (SSSR count). The van der Waals surface area contributed by atoms with Crippen LogP contribution in [-0.4, -0.2) is 4.21 Å². The molecular weight excluding hydrogens is 763 g/mol. The van der Waals surface area contributed by atoms with E-state index in [1.165, 1.54) is 79.9 Å². The predicted molar refractivity (Wildman–Crippen MR) is 236 cm³/mol. The second kappa shape index (κ2) is 21.7. The first-order valence-corrected chi connectivity index (χ1v) is 20.1.